The van der Waals surface area contributed by atoms with E-state index in [0.717, 1.165) is 52.1 Å². The number of carbonyl (C=O) groups excluding carboxylic acids is 1. The van der Waals surface area contributed by atoms with E-state index < -0.39 is 0 Å². The Kier molecular flexibility index (Phi) is 5.31. The molecule has 5 nitrogen and oxygen atoms in total. The third-order valence-electron chi connectivity index (χ3n) is 4.70. The van der Waals surface area contributed by atoms with Gasteiger partial charge in [0.1, 0.15) is 11.5 Å². The Labute approximate surface area is 166 Å². The number of ketones is 1. The van der Waals surface area contributed by atoms with E-state index in [1.807, 2.05) is 34.2 Å². The minimum absolute atomic E-state index is 0.0475. The van der Waals surface area contributed by atoms with Gasteiger partial charge in [0.25, 0.3) is 0 Å². The van der Waals surface area contributed by atoms with Crippen molar-refractivity contribution >= 4 is 28.9 Å². The van der Waals surface area contributed by atoms with Crippen LogP contribution in [0, 0.1) is 6.92 Å². The van der Waals surface area contributed by atoms with Crippen LogP contribution in [-0.4, -0.2) is 32.9 Å². The number of Topliss-reactive ketones (excluding diaryl/α,β-unsaturated/α-hetero) is 1. The average molecular weight is 400 g/mol. The van der Waals surface area contributed by atoms with Crippen molar-refractivity contribution in [3.63, 3.8) is 0 Å². The van der Waals surface area contributed by atoms with Crippen LogP contribution in [0.5, 0.6) is 5.75 Å². The number of ether oxygens (including phenoxy) is 1. The number of aromatic nitrogens is 3. The lowest BCUT2D eigenvalue weighted by Crippen LogP contribution is -2.21. The van der Waals surface area contributed by atoms with Crippen LogP contribution >= 0.6 is 23.1 Å². The highest BCUT2D eigenvalue weighted by Gasteiger charge is 2.27. The van der Waals surface area contributed by atoms with Gasteiger partial charge in [0, 0.05) is 6.42 Å². The summed E-state index contributed by atoms with van der Waals surface area (Å²) in [5, 5.41) is 11.6. The molecule has 27 heavy (non-hydrogen) atoms. The lowest BCUT2D eigenvalue weighted by molar-refractivity contribution is -0.119. The van der Waals surface area contributed by atoms with Crippen LogP contribution in [0.25, 0.3) is 16.4 Å². The fourth-order valence-corrected chi connectivity index (χ4v) is 5.17. The van der Waals surface area contributed by atoms with Crippen molar-refractivity contribution < 1.29 is 9.53 Å². The second-order valence-corrected chi connectivity index (χ2v) is 8.73. The van der Waals surface area contributed by atoms with Crippen molar-refractivity contribution in [3.05, 3.63) is 41.3 Å². The van der Waals surface area contributed by atoms with E-state index in [-0.39, 0.29) is 5.25 Å². The first kappa shape index (κ1) is 18.3. The minimum Gasteiger partial charge on any atom is -0.495 e. The Morgan fingerprint density at radius 2 is 2.15 bits per heavy atom. The number of nitrogens with zero attached hydrogens (tertiary/aromatic N) is 3. The molecule has 0 bridgehead atoms. The van der Waals surface area contributed by atoms with Crippen LogP contribution in [0.15, 0.2) is 40.9 Å². The summed E-state index contributed by atoms with van der Waals surface area (Å²) in [6.45, 7) is 2.05. The summed E-state index contributed by atoms with van der Waals surface area (Å²) >= 11 is 3.15. The zero-order chi connectivity index (χ0) is 18.8. The van der Waals surface area contributed by atoms with Gasteiger partial charge in [-0.15, -0.1) is 21.5 Å². The molecule has 3 aromatic rings. The Hall–Kier alpha value is -2.12. The number of thiophene rings is 1. The predicted molar refractivity (Wildman–Crippen MR) is 109 cm³/mol. The standard InChI is InChI=1S/C20H21N3O2S2/c1-13-9-10-16(25-2)14(12-13)23-19(18-8-5-11-26-18)21-22-20(23)27-17-7-4-3-6-15(17)24/h5,8-12,17H,3-4,6-7H2,1-2H3/t17-/m1/s1. The van der Waals surface area contributed by atoms with Gasteiger partial charge >= 0.3 is 0 Å². The molecule has 2 aromatic heterocycles. The maximum Gasteiger partial charge on any atom is 0.196 e. The third-order valence-corrected chi connectivity index (χ3v) is 6.82. The van der Waals surface area contributed by atoms with E-state index in [2.05, 4.69) is 23.2 Å². The van der Waals surface area contributed by atoms with Crippen molar-refractivity contribution in [2.24, 2.45) is 0 Å². The molecule has 0 radical (unpaired) electrons. The fraction of sp³-hybridized carbons (Fsp3) is 0.350. The molecule has 1 aromatic carbocycles. The van der Waals surface area contributed by atoms with Crippen molar-refractivity contribution in [3.8, 4) is 22.1 Å². The van der Waals surface area contributed by atoms with Crippen LogP contribution < -0.4 is 4.74 Å². The van der Waals surface area contributed by atoms with Gasteiger partial charge < -0.3 is 4.74 Å². The first-order valence-electron chi connectivity index (χ1n) is 9.01. The van der Waals surface area contributed by atoms with Gasteiger partial charge in [-0.25, -0.2) is 0 Å². The summed E-state index contributed by atoms with van der Waals surface area (Å²) in [4.78, 5) is 13.4. The monoisotopic (exact) mass is 399 g/mol. The molecule has 0 amide bonds. The third kappa shape index (κ3) is 3.66. The Bertz CT molecular complexity index is 950. The number of carbonyl (C=O) groups is 1. The zero-order valence-electron chi connectivity index (χ0n) is 15.3. The van der Waals surface area contributed by atoms with Crippen molar-refractivity contribution in [2.75, 3.05) is 7.11 Å². The van der Waals surface area contributed by atoms with Crippen LogP contribution in [-0.2, 0) is 4.79 Å². The van der Waals surface area contributed by atoms with Gasteiger partial charge in [-0.05, 0) is 48.9 Å². The number of hydrogen-bond donors (Lipinski definition) is 0. The second kappa shape index (κ2) is 7.86. The molecule has 0 saturated heterocycles. The summed E-state index contributed by atoms with van der Waals surface area (Å²) < 4.78 is 7.65. The van der Waals surface area contributed by atoms with Crippen LogP contribution in [0.1, 0.15) is 31.2 Å². The smallest absolute Gasteiger partial charge is 0.196 e. The molecular formula is C20H21N3O2S2. The molecule has 0 N–H and O–H groups in total. The molecule has 1 aliphatic rings. The van der Waals surface area contributed by atoms with Gasteiger partial charge in [-0.3, -0.25) is 9.36 Å². The van der Waals surface area contributed by atoms with Crippen LogP contribution in [0.3, 0.4) is 0 Å². The molecule has 0 aliphatic heterocycles. The first-order chi connectivity index (χ1) is 13.2. The van der Waals surface area contributed by atoms with E-state index in [0.29, 0.717) is 12.2 Å². The van der Waals surface area contributed by atoms with Crippen molar-refractivity contribution in [1.82, 2.24) is 14.8 Å². The van der Waals surface area contributed by atoms with Crippen molar-refractivity contribution in [1.29, 1.82) is 0 Å². The number of aryl methyl sites for hydroxylation is 1. The topological polar surface area (TPSA) is 57.0 Å². The summed E-state index contributed by atoms with van der Waals surface area (Å²) in [5.74, 6) is 1.85. The maximum atomic E-state index is 12.4. The van der Waals surface area contributed by atoms with E-state index in [1.54, 1.807) is 18.4 Å². The molecule has 4 rings (SSSR count). The molecule has 1 aliphatic carbocycles. The molecule has 0 spiro atoms. The molecule has 2 heterocycles. The molecule has 0 unspecified atom stereocenters. The Morgan fingerprint density at radius 3 is 2.89 bits per heavy atom. The number of rotatable bonds is 5. The van der Waals surface area contributed by atoms with Gasteiger partial charge in [-0.2, -0.15) is 0 Å². The fourth-order valence-electron chi connectivity index (χ4n) is 3.31. The summed E-state index contributed by atoms with van der Waals surface area (Å²) in [5.41, 5.74) is 2.03. The largest absolute Gasteiger partial charge is 0.495 e. The van der Waals surface area contributed by atoms with Crippen LogP contribution in [0.2, 0.25) is 0 Å². The first-order valence-corrected chi connectivity index (χ1v) is 10.8. The maximum absolute atomic E-state index is 12.4. The van der Waals surface area contributed by atoms with Gasteiger partial charge in [-0.1, -0.05) is 30.3 Å². The highest BCUT2D eigenvalue weighted by molar-refractivity contribution is 8.00. The van der Waals surface area contributed by atoms with Crippen LogP contribution in [0.4, 0.5) is 0 Å². The van der Waals surface area contributed by atoms with E-state index in [9.17, 15) is 4.79 Å². The molecule has 1 atom stereocenters. The minimum atomic E-state index is -0.0475. The number of methoxy groups -OCH3 is 1. The van der Waals surface area contributed by atoms with E-state index in [4.69, 9.17) is 4.74 Å². The summed E-state index contributed by atoms with van der Waals surface area (Å²) in [6, 6.07) is 10.1. The molecular weight excluding hydrogens is 378 g/mol. The highest BCUT2D eigenvalue weighted by atomic mass is 32.2. The number of thioether (sulfide) groups is 1. The van der Waals surface area contributed by atoms with Gasteiger partial charge in [0.15, 0.2) is 11.0 Å². The number of hydrogen-bond acceptors (Lipinski definition) is 6. The normalized spacial score (nSPS) is 17.3. The molecule has 7 heteroatoms. The quantitative estimate of drug-likeness (QED) is 0.610. The summed E-state index contributed by atoms with van der Waals surface area (Å²) in [7, 11) is 1.67. The average Bonchev–Trinajstić information content (AvgIpc) is 3.33. The van der Waals surface area contributed by atoms with Gasteiger partial charge in [0.05, 0.1) is 22.9 Å². The SMILES string of the molecule is COc1ccc(C)cc1-n1c(S[C@@H]2CCCCC2=O)nnc1-c1cccs1. The lowest BCUT2D eigenvalue weighted by atomic mass is 9.99. The Morgan fingerprint density at radius 1 is 1.26 bits per heavy atom. The summed E-state index contributed by atoms with van der Waals surface area (Å²) in [6.07, 6.45) is 3.64. The predicted octanol–water partition coefficient (Wildman–Crippen LogP) is 4.92. The zero-order valence-corrected chi connectivity index (χ0v) is 17.0. The highest BCUT2D eigenvalue weighted by Crippen LogP contribution is 2.37. The molecule has 140 valence electrons. The molecule has 1 saturated carbocycles. The van der Waals surface area contributed by atoms with Crippen molar-refractivity contribution in [2.45, 2.75) is 43.0 Å². The van der Waals surface area contributed by atoms with Gasteiger partial charge in [0.2, 0.25) is 0 Å². The Balaban J connectivity index is 1.83. The van der Waals surface area contributed by atoms with E-state index >= 15 is 0 Å². The second-order valence-electron chi connectivity index (χ2n) is 6.61. The molecule has 1 fully saturated rings. The lowest BCUT2D eigenvalue weighted by Gasteiger charge is -2.20. The van der Waals surface area contributed by atoms with E-state index in [1.165, 1.54) is 11.8 Å². The number of benzene rings is 1.